The van der Waals surface area contributed by atoms with Gasteiger partial charge in [0.05, 0.1) is 13.2 Å². The van der Waals surface area contributed by atoms with Crippen molar-refractivity contribution in [2.45, 2.75) is 65.7 Å². The van der Waals surface area contributed by atoms with Gasteiger partial charge in [-0.05, 0) is 56.2 Å². The third-order valence-electron chi connectivity index (χ3n) is 6.58. The minimum Gasteiger partial charge on any atom is -0.481 e. The van der Waals surface area contributed by atoms with Crippen molar-refractivity contribution >= 4 is 29.8 Å². The number of carboxylic acids is 3. The standard InChI is InChI=1S/C12H13NO5.C11H12O3.C7H12O2/c14-11(15)10-13(6-7-17-10)12(16)18-8-9-4-2-1-3-5-9;1-6-4-7(2)9(8(3)5-6)10(12)11(13)14;8-7(9)5-6-3-1-2-4-6/h1-5,10H,6-8H2,(H,14,15);4-5H,1-3H3,(H,13,14);6H,1-5H2,(H,8,9)/t10-;;/m0../s1. The molecule has 3 N–H and O–H groups in total. The van der Waals surface area contributed by atoms with Crippen molar-refractivity contribution in [3.05, 3.63) is 70.3 Å². The number of carbonyl (C=O) groups is 5. The minimum atomic E-state index is -1.40. The normalized spacial score (nSPS) is 16.1. The summed E-state index contributed by atoms with van der Waals surface area (Å²) < 4.78 is 9.96. The molecular weight excluding hydrogens is 534 g/mol. The molecule has 41 heavy (non-hydrogen) atoms. The van der Waals surface area contributed by atoms with Crippen LogP contribution in [-0.4, -0.2) is 69.4 Å². The topological polar surface area (TPSA) is 168 Å². The van der Waals surface area contributed by atoms with Crippen molar-refractivity contribution in [1.82, 2.24) is 4.90 Å². The zero-order valence-electron chi connectivity index (χ0n) is 23.5. The molecule has 1 amide bonds. The highest BCUT2D eigenvalue weighted by Crippen LogP contribution is 2.27. The summed E-state index contributed by atoms with van der Waals surface area (Å²) in [7, 11) is 0. The van der Waals surface area contributed by atoms with Gasteiger partial charge in [-0.3, -0.25) is 14.5 Å². The number of rotatable bonds is 7. The van der Waals surface area contributed by atoms with E-state index >= 15 is 0 Å². The fourth-order valence-electron chi connectivity index (χ4n) is 4.77. The van der Waals surface area contributed by atoms with Gasteiger partial charge in [0, 0.05) is 12.0 Å². The number of hydrogen-bond donors (Lipinski definition) is 3. The molecule has 2 aliphatic rings. The van der Waals surface area contributed by atoms with E-state index in [0.717, 1.165) is 40.0 Å². The molecule has 1 atom stereocenters. The van der Waals surface area contributed by atoms with E-state index in [-0.39, 0.29) is 19.8 Å². The van der Waals surface area contributed by atoms with Gasteiger partial charge in [0.15, 0.2) is 0 Å². The second-order valence-electron chi connectivity index (χ2n) is 9.95. The van der Waals surface area contributed by atoms with Gasteiger partial charge in [-0.1, -0.05) is 60.9 Å². The van der Waals surface area contributed by atoms with Crippen LogP contribution in [0.4, 0.5) is 4.79 Å². The van der Waals surface area contributed by atoms with Crippen molar-refractivity contribution in [1.29, 1.82) is 0 Å². The van der Waals surface area contributed by atoms with Crippen molar-refractivity contribution in [3.63, 3.8) is 0 Å². The first-order valence-electron chi connectivity index (χ1n) is 13.3. The molecule has 1 saturated carbocycles. The first-order valence-corrected chi connectivity index (χ1v) is 13.3. The summed E-state index contributed by atoms with van der Waals surface area (Å²) in [6, 6.07) is 12.8. The lowest BCUT2D eigenvalue weighted by atomic mass is 9.97. The number of carbonyl (C=O) groups excluding carboxylic acids is 2. The molecule has 4 rings (SSSR count). The van der Waals surface area contributed by atoms with Crippen LogP contribution in [0.25, 0.3) is 0 Å². The molecular formula is C30H37NO10. The molecule has 11 nitrogen and oxygen atoms in total. The maximum atomic E-state index is 11.7. The van der Waals surface area contributed by atoms with E-state index in [4.69, 9.17) is 24.8 Å². The molecule has 1 heterocycles. The van der Waals surface area contributed by atoms with Crippen LogP contribution in [0.1, 0.15) is 64.7 Å². The van der Waals surface area contributed by atoms with E-state index in [9.17, 15) is 24.0 Å². The summed E-state index contributed by atoms with van der Waals surface area (Å²) in [5.74, 6) is -3.58. The molecule has 2 aromatic carbocycles. The van der Waals surface area contributed by atoms with Crippen molar-refractivity contribution in [3.8, 4) is 0 Å². The monoisotopic (exact) mass is 571 g/mol. The van der Waals surface area contributed by atoms with Gasteiger partial charge in [-0.15, -0.1) is 0 Å². The van der Waals surface area contributed by atoms with Crippen LogP contribution >= 0.6 is 0 Å². The third-order valence-corrected chi connectivity index (χ3v) is 6.58. The second-order valence-corrected chi connectivity index (χ2v) is 9.95. The molecule has 11 heteroatoms. The predicted octanol–water partition coefficient (Wildman–Crippen LogP) is 4.60. The van der Waals surface area contributed by atoms with Crippen molar-refractivity contribution < 1.29 is 48.8 Å². The number of benzene rings is 2. The lowest BCUT2D eigenvalue weighted by Crippen LogP contribution is -2.41. The van der Waals surface area contributed by atoms with Gasteiger partial charge >= 0.3 is 24.0 Å². The largest absolute Gasteiger partial charge is 0.481 e. The molecule has 222 valence electrons. The highest BCUT2D eigenvalue weighted by Gasteiger charge is 2.36. The summed E-state index contributed by atoms with van der Waals surface area (Å²) >= 11 is 0. The van der Waals surface area contributed by atoms with Gasteiger partial charge in [0.25, 0.3) is 5.78 Å². The number of nitrogens with zero attached hydrogens (tertiary/aromatic N) is 1. The molecule has 2 aromatic rings. The molecule has 2 fully saturated rings. The van der Waals surface area contributed by atoms with E-state index in [1.165, 1.54) is 12.8 Å². The zero-order chi connectivity index (χ0) is 30.5. The number of ether oxygens (including phenoxy) is 2. The highest BCUT2D eigenvalue weighted by atomic mass is 16.6. The number of ketones is 1. The Hall–Kier alpha value is -4.25. The molecule has 1 saturated heterocycles. The summed E-state index contributed by atoms with van der Waals surface area (Å²) in [6.07, 6.45) is 3.20. The van der Waals surface area contributed by atoms with Crippen LogP contribution in [0.15, 0.2) is 42.5 Å². The van der Waals surface area contributed by atoms with Crippen LogP contribution in [0.5, 0.6) is 0 Å². The summed E-state index contributed by atoms with van der Waals surface area (Å²) in [4.78, 5) is 55.6. The van der Waals surface area contributed by atoms with Crippen molar-refractivity contribution in [2.24, 2.45) is 5.92 Å². The van der Waals surface area contributed by atoms with E-state index < -0.39 is 36.0 Å². The molecule has 1 aliphatic heterocycles. The molecule has 0 bridgehead atoms. The van der Waals surface area contributed by atoms with E-state index in [1.54, 1.807) is 13.8 Å². The number of Topliss-reactive ketones (excluding diaryl/α,β-unsaturated/α-hetero) is 1. The lowest BCUT2D eigenvalue weighted by Gasteiger charge is -2.19. The number of aryl methyl sites for hydroxylation is 3. The maximum Gasteiger partial charge on any atom is 0.412 e. The first-order chi connectivity index (χ1) is 19.4. The number of carboxylic acid groups (broad SMARTS) is 3. The van der Waals surface area contributed by atoms with E-state index in [1.807, 2.05) is 49.4 Å². The average molecular weight is 572 g/mol. The van der Waals surface area contributed by atoms with Gasteiger partial charge < -0.3 is 24.8 Å². The van der Waals surface area contributed by atoms with Crippen molar-refractivity contribution in [2.75, 3.05) is 13.2 Å². The Kier molecular flexibility index (Phi) is 13.0. The molecule has 0 spiro atoms. The van der Waals surface area contributed by atoms with Crippen LogP contribution < -0.4 is 0 Å². The number of aliphatic carboxylic acids is 3. The maximum absolute atomic E-state index is 11.7. The quantitative estimate of drug-likeness (QED) is 0.316. The van der Waals surface area contributed by atoms with Crippen LogP contribution in [-0.2, 0) is 30.5 Å². The Morgan fingerprint density at radius 1 is 0.927 bits per heavy atom. The van der Waals surface area contributed by atoms with Crippen LogP contribution in [0.3, 0.4) is 0 Å². The fraction of sp³-hybridized carbons (Fsp3) is 0.433. The Balaban J connectivity index is 0.000000228. The average Bonchev–Trinajstić information content (AvgIpc) is 3.60. The third kappa shape index (κ3) is 10.7. The van der Waals surface area contributed by atoms with Crippen LogP contribution in [0.2, 0.25) is 0 Å². The Morgan fingerprint density at radius 3 is 2.02 bits per heavy atom. The fourth-order valence-corrected chi connectivity index (χ4v) is 4.77. The number of hydrogen-bond acceptors (Lipinski definition) is 7. The highest BCUT2D eigenvalue weighted by molar-refractivity contribution is 6.40. The number of amides is 1. The molecule has 0 unspecified atom stereocenters. The van der Waals surface area contributed by atoms with Gasteiger partial charge in [0.1, 0.15) is 6.61 Å². The first kappa shape index (κ1) is 33.0. The van der Waals surface area contributed by atoms with E-state index in [0.29, 0.717) is 17.9 Å². The van der Waals surface area contributed by atoms with Gasteiger partial charge in [-0.25, -0.2) is 14.4 Å². The second kappa shape index (κ2) is 16.1. The Bertz CT molecular complexity index is 1200. The van der Waals surface area contributed by atoms with E-state index in [2.05, 4.69) is 0 Å². The van der Waals surface area contributed by atoms with Gasteiger partial charge in [-0.2, -0.15) is 0 Å². The predicted molar refractivity (Wildman–Crippen MR) is 148 cm³/mol. The molecule has 1 aliphatic carbocycles. The molecule has 0 aromatic heterocycles. The summed E-state index contributed by atoms with van der Waals surface area (Å²) in [5, 5.41) is 25.8. The SMILES string of the molecule is Cc1cc(C)c(C(=O)C(=O)O)c(C)c1.O=C(O)CC1CCCC1.O=C(O)[C@@H]1OCCN1C(=O)OCc1ccccc1. The summed E-state index contributed by atoms with van der Waals surface area (Å²) in [6.45, 7) is 5.95. The minimum absolute atomic E-state index is 0.114. The van der Waals surface area contributed by atoms with Gasteiger partial charge in [0.2, 0.25) is 6.23 Å². The smallest absolute Gasteiger partial charge is 0.412 e. The molecule has 0 radical (unpaired) electrons. The summed E-state index contributed by atoms with van der Waals surface area (Å²) in [5.41, 5.74) is 3.62. The zero-order valence-corrected chi connectivity index (χ0v) is 23.5. The Labute approximate surface area is 238 Å². The lowest BCUT2D eigenvalue weighted by molar-refractivity contribution is -0.153. The van der Waals surface area contributed by atoms with Crippen LogP contribution in [0, 0.1) is 26.7 Å². The Morgan fingerprint density at radius 2 is 1.51 bits per heavy atom.